The molecule has 7 heteroatoms. The van der Waals surface area contributed by atoms with Gasteiger partial charge < -0.3 is 9.08 Å². The Morgan fingerprint density at radius 3 is 2.00 bits per heavy atom. The van der Waals surface area contributed by atoms with E-state index in [9.17, 15) is 17.6 Å². The molecule has 3 aromatic carbocycles. The molecule has 0 aliphatic heterocycles. The normalized spacial score (nSPS) is 11.2. The number of benzene rings is 3. The Balaban J connectivity index is 1.84. The molecule has 3 aromatic rings. The number of hydrogen-bond donors (Lipinski definition) is 0. The minimum absolute atomic E-state index is 0.120. The summed E-state index contributed by atoms with van der Waals surface area (Å²) in [5.41, 5.74) is 3.08. The largest absolute Gasteiger partial charge is 0.382 e. The Kier molecular flexibility index (Phi) is 7.07. The summed E-state index contributed by atoms with van der Waals surface area (Å²) in [5, 5.41) is 0. The van der Waals surface area contributed by atoms with Gasteiger partial charge in [0.05, 0.1) is 5.75 Å². The van der Waals surface area contributed by atoms with Crippen molar-refractivity contribution in [1.82, 2.24) is 4.90 Å². The maximum absolute atomic E-state index is 13.3. The molecule has 0 aromatic heterocycles. The van der Waals surface area contributed by atoms with Gasteiger partial charge in [-0.05, 0) is 60.9 Å². The van der Waals surface area contributed by atoms with Crippen LogP contribution >= 0.6 is 0 Å². The Labute approximate surface area is 182 Å². The maximum atomic E-state index is 13.3. The lowest BCUT2D eigenvalue weighted by Gasteiger charge is -2.24. The number of carbonyl (C=O) groups excluding carboxylic acids is 1. The lowest BCUT2D eigenvalue weighted by atomic mass is 10.1. The van der Waals surface area contributed by atoms with E-state index in [1.165, 1.54) is 19.1 Å². The minimum atomic E-state index is -3.60. The highest BCUT2D eigenvalue weighted by Gasteiger charge is 2.19. The molecule has 1 amide bonds. The first-order chi connectivity index (χ1) is 14.8. The van der Waals surface area contributed by atoms with E-state index in [2.05, 4.69) is 0 Å². The van der Waals surface area contributed by atoms with Crippen molar-refractivity contribution >= 4 is 16.0 Å². The Morgan fingerprint density at radius 2 is 1.45 bits per heavy atom. The lowest BCUT2D eigenvalue weighted by Crippen LogP contribution is -2.30. The number of nitrogens with zero attached hydrogens (tertiary/aromatic N) is 1. The maximum Gasteiger partial charge on any atom is 0.308 e. The van der Waals surface area contributed by atoms with Crippen LogP contribution in [0.3, 0.4) is 0 Å². The molecule has 3 rings (SSSR count). The van der Waals surface area contributed by atoms with Crippen molar-refractivity contribution in [3.05, 3.63) is 101 Å². The standard InChI is InChI=1S/C24H24FNO4S/c1-3-31(28,29)30-22-14-10-20(11-15-22)17-26(16-19-8-12-21(25)13-9-19)24(27)23-7-5-4-6-18(23)2/h4-15H,3,16-17H2,1-2H3. The van der Waals surface area contributed by atoms with Gasteiger partial charge in [-0.25, -0.2) is 4.39 Å². The van der Waals surface area contributed by atoms with Crippen molar-refractivity contribution in [2.75, 3.05) is 5.75 Å². The molecule has 0 atom stereocenters. The molecule has 0 N–H and O–H groups in total. The lowest BCUT2D eigenvalue weighted by molar-refractivity contribution is 0.0729. The van der Waals surface area contributed by atoms with E-state index >= 15 is 0 Å². The van der Waals surface area contributed by atoms with Gasteiger partial charge in [-0.3, -0.25) is 4.79 Å². The summed E-state index contributed by atoms with van der Waals surface area (Å²) in [4.78, 5) is 15.0. The van der Waals surface area contributed by atoms with E-state index in [4.69, 9.17) is 4.18 Å². The van der Waals surface area contributed by atoms with Crippen LogP contribution in [-0.4, -0.2) is 25.0 Å². The van der Waals surface area contributed by atoms with Gasteiger partial charge in [-0.2, -0.15) is 8.42 Å². The molecular weight excluding hydrogens is 417 g/mol. The molecule has 0 fully saturated rings. The minimum Gasteiger partial charge on any atom is -0.382 e. The fourth-order valence-corrected chi connectivity index (χ4v) is 3.59. The third kappa shape index (κ3) is 6.15. The van der Waals surface area contributed by atoms with Gasteiger partial charge in [0.15, 0.2) is 0 Å². The van der Waals surface area contributed by atoms with E-state index in [0.717, 1.165) is 16.7 Å². The van der Waals surface area contributed by atoms with Crippen LogP contribution in [0.25, 0.3) is 0 Å². The van der Waals surface area contributed by atoms with E-state index in [-0.39, 0.29) is 23.2 Å². The molecule has 0 heterocycles. The number of halogens is 1. The summed E-state index contributed by atoms with van der Waals surface area (Å²) in [6.07, 6.45) is 0. The van der Waals surface area contributed by atoms with Crippen LogP contribution in [0.15, 0.2) is 72.8 Å². The average molecular weight is 442 g/mol. The van der Waals surface area contributed by atoms with E-state index < -0.39 is 10.1 Å². The van der Waals surface area contributed by atoms with Crippen LogP contribution in [0.1, 0.15) is 34.0 Å². The molecule has 0 radical (unpaired) electrons. The predicted molar refractivity (Wildman–Crippen MR) is 118 cm³/mol. The zero-order valence-corrected chi connectivity index (χ0v) is 18.2. The Morgan fingerprint density at radius 1 is 0.903 bits per heavy atom. The fourth-order valence-electron chi connectivity index (χ4n) is 3.07. The van der Waals surface area contributed by atoms with Crippen molar-refractivity contribution < 1.29 is 21.8 Å². The Bertz CT molecular complexity index is 1140. The van der Waals surface area contributed by atoms with Gasteiger partial charge in [0.25, 0.3) is 5.91 Å². The van der Waals surface area contributed by atoms with Gasteiger partial charge in [0.2, 0.25) is 0 Å². The molecule has 0 aliphatic carbocycles. The van der Waals surface area contributed by atoms with Crippen LogP contribution in [0.2, 0.25) is 0 Å². The monoisotopic (exact) mass is 441 g/mol. The summed E-state index contributed by atoms with van der Waals surface area (Å²) >= 11 is 0. The van der Waals surface area contributed by atoms with Crippen molar-refractivity contribution in [1.29, 1.82) is 0 Å². The zero-order valence-electron chi connectivity index (χ0n) is 17.4. The molecule has 5 nitrogen and oxygen atoms in total. The summed E-state index contributed by atoms with van der Waals surface area (Å²) in [7, 11) is -3.60. The SMILES string of the molecule is CCS(=O)(=O)Oc1ccc(CN(Cc2ccc(F)cc2)C(=O)c2ccccc2C)cc1. The second-order valence-electron chi connectivity index (χ2n) is 7.18. The van der Waals surface area contributed by atoms with Crippen LogP contribution < -0.4 is 4.18 Å². The molecule has 0 spiro atoms. The van der Waals surface area contributed by atoms with E-state index in [1.807, 2.05) is 25.1 Å². The van der Waals surface area contributed by atoms with Crippen LogP contribution in [-0.2, 0) is 23.2 Å². The third-order valence-electron chi connectivity index (χ3n) is 4.82. The van der Waals surface area contributed by atoms with Crippen LogP contribution in [0.4, 0.5) is 4.39 Å². The number of hydrogen-bond acceptors (Lipinski definition) is 4. The van der Waals surface area contributed by atoms with Crippen molar-refractivity contribution in [3.63, 3.8) is 0 Å². The number of rotatable bonds is 8. The van der Waals surface area contributed by atoms with Crippen molar-refractivity contribution in [2.45, 2.75) is 26.9 Å². The fraction of sp³-hybridized carbons (Fsp3) is 0.208. The number of amides is 1. The molecule has 0 aliphatic rings. The quantitative estimate of drug-likeness (QED) is 0.475. The first-order valence-electron chi connectivity index (χ1n) is 9.88. The molecule has 0 unspecified atom stereocenters. The predicted octanol–water partition coefficient (Wildman–Crippen LogP) is 4.71. The highest BCUT2D eigenvalue weighted by Crippen LogP contribution is 2.20. The molecule has 0 saturated carbocycles. The van der Waals surface area contributed by atoms with Gasteiger partial charge in [0, 0.05) is 18.7 Å². The smallest absolute Gasteiger partial charge is 0.308 e. The molecule has 0 bridgehead atoms. The van der Waals surface area contributed by atoms with E-state index in [1.54, 1.807) is 47.4 Å². The number of carbonyl (C=O) groups is 1. The van der Waals surface area contributed by atoms with E-state index in [0.29, 0.717) is 18.7 Å². The molecule has 0 saturated heterocycles. The summed E-state index contributed by atoms with van der Waals surface area (Å²) in [6, 6.07) is 20.0. The van der Waals surface area contributed by atoms with Crippen LogP contribution in [0, 0.1) is 12.7 Å². The molecular formula is C24H24FNO4S. The van der Waals surface area contributed by atoms with Crippen LogP contribution in [0.5, 0.6) is 5.75 Å². The number of aryl methyl sites for hydroxylation is 1. The second kappa shape index (κ2) is 9.75. The third-order valence-corrected chi connectivity index (χ3v) is 5.98. The first kappa shape index (κ1) is 22.5. The van der Waals surface area contributed by atoms with Gasteiger partial charge in [-0.1, -0.05) is 42.5 Å². The van der Waals surface area contributed by atoms with Gasteiger partial charge in [0.1, 0.15) is 11.6 Å². The van der Waals surface area contributed by atoms with Crippen molar-refractivity contribution in [3.8, 4) is 5.75 Å². The summed E-state index contributed by atoms with van der Waals surface area (Å²) in [6.45, 7) is 3.99. The van der Waals surface area contributed by atoms with Crippen molar-refractivity contribution in [2.24, 2.45) is 0 Å². The second-order valence-corrected chi connectivity index (χ2v) is 9.04. The topological polar surface area (TPSA) is 63.7 Å². The highest BCUT2D eigenvalue weighted by molar-refractivity contribution is 7.87. The summed E-state index contributed by atoms with van der Waals surface area (Å²) in [5.74, 6) is -0.374. The van der Waals surface area contributed by atoms with Gasteiger partial charge in [-0.15, -0.1) is 0 Å². The first-order valence-corrected chi connectivity index (χ1v) is 11.5. The molecule has 31 heavy (non-hydrogen) atoms. The highest BCUT2D eigenvalue weighted by atomic mass is 32.2. The molecule has 162 valence electrons. The summed E-state index contributed by atoms with van der Waals surface area (Å²) < 4.78 is 41.6. The van der Waals surface area contributed by atoms with Gasteiger partial charge >= 0.3 is 10.1 Å². The Hall–Kier alpha value is -3.19. The average Bonchev–Trinajstić information content (AvgIpc) is 2.76. The zero-order chi connectivity index (χ0) is 22.4.